The van der Waals surface area contributed by atoms with E-state index in [1.807, 2.05) is 23.1 Å². The van der Waals surface area contributed by atoms with Crippen molar-refractivity contribution in [1.82, 2.24) is 15.1 Å². The molecule has 5 nitrogen and oxygen atoms in total. The predicted octanol–water partition coefficient (Wildman–Crippen LogP) is 4.46. The topological polar surface area (TPSA) is 52.7 Å². The average molecular weight is 418 g/mol. The highest BCUT2D eigenvalue weighted by Gasteiger charge is 2.48. The number of carbonyl (C=O) groups excluding carboxylic acids is 2. The minimum atomic E-state index is -0.0715. The van der Waals surface area contributed by atoms with Gasteiger partial charge < -0.3 is 15.1 Å². The first kappa shape index (κ1) is 20.1. The molecule has 2 fully saturated rings. The molecular formula is C26H31N3O2. The molecule has 2 aromatic carbocycles. The van der Waals surface area contributed by atoms with Crippen LogP contribution in [0.15, 0.2) is 54.6 Å². The molecule has 3 aliphatic heterocycles. The molecule has 0 aliphatic carbocycles. The molecule has 0 spiro atoms. The van der Waals surface area contributed by atoms with Gasteiger partial charge in [-0.2, -0.15) is 0 Å². The summed E-state index contributed by atoms with van der Waals surface area (Å²) in [6.45, 7) is 3.61. The van der Waals surface area contributed by atoms with E-state index in [4.69, 9.17) is 0 Å². The van der Waals surface area contributed by atoms with Crippen LogP contribution in [0.2, 0.25) is 0 Å². The van der Waals surface area contributed by atoms with E-state index in [-0.39, 0.29) is 36.0 Å². The molecule has 5 heteroatoms. The summed E-state index contributed by atoms with van der Waals surface area (Å²) >= 11 is 0. The van der Waals surface area contributed by atoms with E-state index in [1.165, 1.54) is 11.1 Å². The highest BCUT2D eigenvalue weighted by Crippen LogP contribution is 2.43. The summed E-state index contributed by atoms with van der Waals surface area (Å²) in [6, 6.07) is 18.6. The van der Waals surface area contributed by atoms with E-state index in [0.717, 1.165) is 50.8 Å². The fourth-order valence-electron chi connectivity index (χ4n) is 5.84. The van der Waals surface area contributed by atoms with Crippen molar-refractivity contribution in [2.24, 2.45) is 5.92 Å². The lowest BCUT2D eigenvalue weighted by Gasteiger charge is -2.51. The number of rotatable bonds is 3. The molecule has 3 aliphatic rings. The van der Waals surface area contributed by atoms with Crippen molar-refractivity contribution in [3.63, 3.8) is 0 Å². The van der Waals surface area contributed by atoms with Crippen LogP contribution in [0.25, 0.3) is 0 Å². The summed E-state index contributed by atoms with van der Waals surface area (Å²) in [5.74, 6) is 0.168. The quantitative estimate of drug-likeness (QED) is 0.802. The summed E-state index contributed by atoms with van der Waals surface area (Å²) in [6.07, 6.45) is 4.37. The first-order valence-corrected chi connectivity index (χ1v) is 11.7. The van der Waals surface area contributed by atoms with Crippen molar-refractivity contribution in [2.45, 2.75) is 57.2 Å². The monoisotopic (exact) mass is 417 g/mol. The largest absolute Gasteiger partial charge is 0.335 e. The Morgan fingerprint density at radius 2 is 1.87 bits per heavy atom. The number of likely N-dealkylation sites (tertiary alicyclic amines) is 1. The molecule has 0 aromatic heterocycles. The SMILES string of the molecule is CC[C@@H](NC(=O)N1CCC[C@H]2C(=O)N3CCc4ccccc4[C@@H]3C[C@H]21)c1ccccc1. The van der Waals surface area contributed by atoms with E-state index in [0.29, 0.717) is 0 Å². The van der Waals surface area contributed by atoms with Crippen LogP contribution < -0.4 is 5.32 Å². The molecule has 4 atom stereocenters. The second kappa shape index (κ2) is 8.37. The van der Waals surface area contributed by atoms with Gasteiger partial charge in [-0.05, 0) is 48.8 Å². The molecule has 3 heterocycles. The lowest BCUT2D eigenvalue weighted by atomic mass is 9.76. The van der Waals surface area contributed by atoms with Crippen molar-refractivity contribution in [3.05, 3.63) is 71.3 Å². The van der Waals surface area contributed by atoms with Gasteiger partial charge in [-0.25, -0.2) is 4.79 Å². The summed E-state index contributed by atoms with van der Waals surface area (Å²) in [7, 11) is 0. The van der Waals surface area contributed by atoms with Gasteiger partial charge in [-0.1, -0.05) is 61.5 Å². The Morgan fingerprint density at radius 1 is 1.10 bits per heavy atom. The van der Waals surface area contributed by atoms with E-state index in [9.17, 15) is 9.59 Å². The van der Waals surface area contributed by atoms with Gasteiger partial charge in [0.05, 0.1) is 18.0 Å². The molecule has 31 heavy (non-hydrogen) atoms. The second-order valence-corrected chi connectivity index (χ2v) is 9.06. The molecular weight excluding hydrogens is 386 g/mol. The van der Waals surface area contributed by atoms with E-state index < -0.39 is 0 Å². The number of fused-ring (bicyclic) bond motifs is 4. The lowest BCUT2D eigenvalue weighted by Crippen LogP contribution is -2.61. The van der Waals surface area contributed by atoms with Crippen LogP contribution in [0.5, 0.6) is 0 Å². The van der Waals surface area contributed by atoms with Crippen molar-refractivity contribution < 1.29 is 9.59 Å². The van der Waals surface area contributed by atoms with Gasteiger partial charge in [0, 0.05) is 19.1 Å². The van der Waals surface area contributed by atoms with E-state index in [1.54, 1.807) is 0 Å². The molecule has 0 radical (unpaired) electrons. The van der Waals surface area contributed by atoms with Crippen LogP contribution in [-0.4, -0.2) is 40.9 Å². The van der Waals surface area contributed by atoms with E-state index >= 15 is 0 Å². The van der Waals surface area contributed by atoms with Crippen LogP contribution in [0, 0.1) is 5.92 Å². The van der Waals surface area contributed by atoms with Crippen molar-refractivity contribution in [3.8, 4) is 0 Å². The normalized spacial score (nSPS) is 25.8. The molecule has 1 N–H and O–H groups in total. The smallest absolute Gasteiger partial charge is 0.318 e. The maximum Gasteiger partial charge on any atom is 0.318 e. The van der Waals surface area contributed by atoms with Crippen LogP contribution in [-0.2, 0) is 11.2 Å². The van der Waals surface area contributed by atoms with Gasteiger partial charge in [0.2, 0.25) is 5.91 Å². The number of hydrogen-bond acceptors (Lipinski definition) is 2. The van der Waals surface area contributed by atoms with Crippen LogP contribution in [0.1, 0.15) is 61.4 Å². The van der Waals surface area contributed by atoms with Crippen LogP contribution >= 0.6 is 0 Å². The zero-order chi connectivity index (χ0) is 21.4. The number of benzene rings is 2. The fourth-order valence-corrected chi connectivity index (χ4v) is 5.84. The summed E-state index contributed by atoms with van der Waals surface area (Å²) < 4.78 is 0. The third kappa shape index (κ3) is 3.60. The van der Waals surface area contributed by atoms with Gasteiger partial charge in [0.1, 0.15) is 0 Å². The number of nitrogens with one attached hydrogen (secondary N) is 1. The Hall–Kier alpha value is -2.82. The highest BCUT2D eigenvalue weighted by atomic mass is 16.2. The van der Waals surface area contributed by atoms with Gasteiger partial charge in [0.25, 0.3) is 0 Å². The molecule has 5 rings (SSSR count). The number of hydrogen-bond donors (Lipinski definition) is 1. The summed E-state index contributed by atoms with van der Waals surface area (Å²) in [4.78, 5) is 30.9. The number of amides is 3. The third-order valence-corrected chi connectivity index (χ3v) is 7.43. The predicted molar refractivity (Wildman–Crippen MR) is 120 cm³/mol. The maximum absolute atomic E-state index is 13.4. The van der Waals surface area contributed by atoms with Crippen molar-refractivity contribution in [2.75, 3.05) is 13.1 Å². The molecule has 3 amide bonds. The molecule has 162 valence electrons. The summed E-state index contributed by atoms with van der Waals surface area (Å²) in [5, 5.41) is 3.25. The third-order valence-electron chi connectivity index (χ3n) is 7.43. The standard InChI is InChI=1S/C26H31N3O2/c1-2-22(19-10-4-3-5-11-19)27-26(31)29-15-8-13-21-24(29)17-23-20-12-7-6-9-18(20)14-16-28(23)25(21)30/h3-7,9-12,21-24H,2,8,13-17H2,1H3,(H,27,31)/t21-,22-,23+,24-/m1/s1. The Kier molecular flexibility index (Phi) is 5.43. The summed E-state index contributed by atoms with van der Waals surface area (Å²) in [5.41, 5.74) is 3.73. The Bertz CT molecular complexity index is 960. The van der Waals surface area contributed by atoms with Crippen molar-refractivity contribution in [1.29, 1.82) is 0 Å². The minimum absolute atomic E-state index is 0.0136. The zero-order valence-corrected chi connectivity index (χ0v) is 18.2. The lowest BCUT2D eigenvalue weighted by molar-refractivity contribution is -0.148. The van der Waals surface area contributed by atoms with Gasteiger partial charge in [-0.3, -0.25) is 4.79 Å². The van der Waals surface area contributed by atoms with Crippen LogP contribution in [0.3, 0.4) is 0 Å². The number of urea groups is 1. The van der Waals surface area contributed by atoms with Crippen molar-refractivity contribution >= 4 is 11.9 Å². The van der Waals surface area contributed by atoms with Gasteiger partial charge in [0.15, 0.2) is 0 Å². The highest BCUT2D eigenvalue weighted by molar-refractivity contribution is 5.83. The van der Waals surface area contributed by atoms with E-state index in [2.05, 4.69) is 53.5 Å². The molecule has 2 saturated heterocycles. The minimum Gasteiger partial charge on any atom is -0.335 e. The van der Waals surface area contributed by atoms with Gasteiger partial charge in [-0.15, -0.1) is 0 Å². The Labute approximate surface area is 184 Å². The second-order valence-electron chi connectivity index (χ2n) is 9.06. The molecule has 0 unspecified atom stereocenters. The Balaban J connectivity index is 1.39. The molecule has 2 aromatic rings. The first-order valence-electron chi connectivity index (χ1n) is 11.7. The molecule has 0 bridgehead atoms. The zero-order valence-electron chi connectivity index (χ0n) is 18.2. The number of carbonyl (C=O) groups is 2. The van der Waals surface area contributed by atoms with Gasteiger partial charge >= 0.3 is 6.03 Å². The van der Waals surface area contributed by atoms with Crippen LogP contribution in [0.4, 0.5) is 4.79 Å². The maximum atomic E-state index is 13.4. The number of nitrogens with zero attached hydrogens (tertiary/aromatic N) is 2. The first-order chi connectivity index (χ1) is 15.2. The fraction of sp³-hybridized carbons (Fsp3) is 0.462. The molecule has 0 saturated carbocycles. The number of piperidine rings is 2. The Morgan fingerprint density at radius 3 is 2.68 bits per heavy atom. The average Bonchev–Trinajstić information content (AvgIpc) is 2.82.